The molecule has 156 valence electrons. The molecule has 3 aromatic rings. The topological polar surface area (TPSA) is 84.5 Å². The number of carbonyl (C=O) groups excluding carboxylic acids is 1. The first-order valence-corrected chi connectivity index (χ1v) is 9.91. The first-order chi connectivity index (χ1) is 14.2. The van der Waals surface area contributed by atoms with Gasteiger partial charge in [-0.2, -0.15) is 0 Å². The second-order valence-electron chi connectivity index (χ2n) is 6.05. The standard InChI is InChI=1S/C20H15F3N2O4S/c1-29-19-9-5-14(24-20(26)16-10-13(22)4-8-17(16)23)11-18(19)25-30(27,28)15-6-2-12(21)3-7-15/h2-11,25H,1H3,(H,24,26). The first kappa shape index (κ1) is 21.2. The normalized spacial score (nSPS) is 11.1. The van der Waals surface area contributed by atoms with Gasteiger partial charge in [0.15, 0.2) is 0 Å². The van der Waals surface area contributed by atoms with Crippen molar-refractivity contribution in [2.24, 2.45) is 0 Å². The summed E-state index contributed by atoms with van der Waals surface area (Å²) in [6, 6.07) is 10.6. The van der Waals surface area contributed by atoms with Crippen LogP contribution in [-0.2, 0) is 10.0 Å². The molecule has 3 rings (SSSR count). The van der Waals surface area contributed by atoms with Crippen LogP contribution in [0, 0.1) is 17.5 Å². The summed E-state index contributed by atoms with van der Waals surface area (Å²) in [7, 11) is -2.78. The van der Waals surface area contributed by atoms with Crippen molar-refractivity contribution < 1.29 is 31.1 Å². The van der Waals surface area contributed by atoms with E-state index in [1.807, 2.05) is 0 Å². The minimum atomic E-state index is -4.09. The molecular formula is C20H15F3N2O4S. The second-order valence-corrected chi connectivity index (χ2v) is 7.74. The maximum Gasteiger partial charge on any atom is 0.262 e. The van der Waals surface area contributed by atoms with Gasteiger partial charge in [-0.25, -0.2) is 21.6 Å². The Labute approximate surface area is 170 Å². The number of hydrogen-bond acceptors (Lipinski definition) is 4. The predicted molar refractivity (Wildman–Crippen MR) is 105 cm³/mol. The lowest BCUT2D eigenvalue weighted by molar-refractivity contribution is 0.102. The molecule has 0 fully saturated rings. The molecule has 30 heavy (non-hydrogen) atoms. The molecule has 0 aliphatic heterocycles. The molecule has 0 radical (unpaired) electrons. The molecule has 0 aliphatic rings. The minimum Gasteiger partial charge on any atom is -0.495 e. The summed E-state index contributed by atoms with van der Waals surface area (Å²) in [4.78, 5) is 12.1. The van der Waals surface area contributed by atoms with Gasteiger partial charge in [-0.15, -0.1) is 0 Å². The Morgan fingerprint density at radius 3 is 2.23 bits per heavy atom. The molecule has 6 nitrogen and oxygen atoms in total. The number of methoxy groups -OCH3 is 1. The van der Waals surface area contributed by atoms with Crippen molar-refractivity contribution in [3.63, 3.8) is 0 Å². The average molecular weight is 436 g/mol. The summed E-state index contributed by atoms with van der Waals surface area (Å²) in [5.41, 5.74) is -0.445. The van der Waals surface area contributed by atoms with Crippen LogP contribution >= 0.6 is 0 Å². The van der Waals surface area contributed by atoms with Gasteiger partial charge in [0.1, 0.15) is 23.2 Å². The quantitative estimate of drug-likeness (QED) is 0.608. The lowest BCUT2D eigenvalue weighted by atomic mass is 10.2. The molecule has 0 unspecified atom stereocenters. The van der Waals surface area contributed by atoms with Gasteiger partial charge in [0.25, 0.3) is 15.9 Å². The number of hydrogen-bond donors (Lipinski definition) is 2. The van der Waals surface area contributed by atoms with Gasteiger partial charge < -0.3 is 10.1 Å². The van der Waals surface area contributed by atoms with Crippen LogP contribution in [0.1, 0.15) is 10.4 Å². The predicted octanol–water partition coefficient (Wildman–Crippen LogP) is 4.17. The third-order valence-electron chi connectivity index (χ3n) is 4.00. The third-order valence-corrected chi connectivity index (χ3v) is 5.38. The van der Waals surface area contributed by atoms with E-state index in [9.17, 15) is 26.4 Å². The maximum absolute atomic E-state index is 13.8. The molecule has 0 aromatic heterocycles. The van der Waals surface area contributed by atoms with Crippen LogP contribution in [-0.4, -0.2) is 21.4 Å². The van der Waals surface area contributed by atoms with Gasteiger partial charge in [0.2, 0.25) is 0 Å². The van der Waals surface area contributed by atoms with E-state index in [4.69, 9.17) is 4.74 Å². The lowest BCUT2D eigenvalue weighted by Gasteiger charge is -2.14. The summed E-state index contributed by atoms with van der Waals surface area (Å²) >= 11 is 0. The van der Waals surface area contributed by atoms with Gasteiger partial charge in [-0.1, -0.05) is 0 Å². The fraction of sp³-hybridized carbons (Fsp3) is 0.0500. The van der Waals surface area contributed by atoms with E-state index in [1.54, 1.807) is 0 Å². The van der Waals surface area contributed by atoms with Crippen molar-refractivity contribution in [3.8, 4) is 5.75 Å². The molecule has 0 aliphatic carbocycles. The van der Waals surface area contributed by atoms with Crippen LogP contribution in [0.3, 0.4) is 0 Å². The summed E-state index contributed by atoms with van der Waals surface area (Å²) < 4.78 is 72.7. The number of halogens is 3. The van der Waals surface area contributed by atoms with E-state index in [-0.39, 0.29) is 22.0 Å². The molecule has 3 aromatic carbocycles. The summed E-state index contributed by atoms with van der Waals surface area (Å²) in [6.45, 7) is 0. The fourth-order valence-corrected chi connectivity index (χ4v) is 3.61. The highest BCUT2D eigenvalue weighted by atomic mass is 32.2. The van der Waals surface area contributed by atoms with Crippen molar-refractivity contribution in [2.45, 2.75) is 4.90 Å². The number of rotatable bonds is 6. The number of nitrogens with one attached hydrogen (secondary N) is 2. The second kappa shape index (κ2) is 8.46. The molecule has 0 spiro atoms. The van der Waals surface area contributed by atoms with Crippen molar-refractivity contribution in [2.75, 3.05) is 17.1 Å². The molecule has 0 atom stereocenters. The molecule has 2 N–H and O–H groups in total. The van der Waals surface area contributed by atoms with E-state index in [2.05, 4.69) is 10.0 Å². The number of anilines is 2. The Hall–Kier alpha value is -3.53. The fourth-order valence-electron chi connectivity index (χ4n) is 2.55. The summed E-state index contributed by atoms with van der Waals surface area (Å²) in [6.07, 6.45) is 0. The SMILES string of the molecule is COc1ccc(NC(=O)c2cc(F)ccc2F)cc1NS(=O)(=O)c1ccc(F)cc1. The number of amides is 1. The molecular weight excluding hydrogens is 421 g/mol. The Morgan fingerprint density at radius 2 is 1.57 bits per heavy atom. The number of carbonyl (C=O) groups is 1. The Bertz CT molecular complexity index is 1200. The van der Waals surface area contributed by atoms with Gasteiger partial charge >= 0.3 is 0 Å². The Morgan fingerprint density at radius 1 is 0.900 bits per heavy atom. The number of sulfonamides is 1. The highest BCUT2D eigenvalue weighted by molar-refractivity contribution is 7.92. The largest absolute Gasteiger partial charge is 0.495 e. The molecule has 0 bridgehead atoms. The van der Waals surface area contributed by atoms with Crippen molar-refractivity contribution >= 4 is 27.3 Å². The monoisotopic (exact) mass is 436 g/mol. The van der Waals surface area contributed by atoms with E-state index < -0.39 is 38.9 Å². The highest BCUT2D eigenvalue weighted by Crippen LogP contribution is 2.30. The first-order valence-electron chi connectivity index (χ1n) is 8.42. The third kappa shape index (κ3) is 4.71. The molecule has 0 heterocycles. The highest BCUT2D eigenvalue weighted by Gasteiger charge is 2.18. The van der Waals surface area contributed by atoms with Crippen molar-refractivity contribution in [3.05, 3.63) is 83.7 Å². The summed E-state index contributed by atoms with van der Waals surface area (Å²) in [5.74, 6) is -3.09. The van der Waals surface area contributed by atoms with E-state index >= 15 is 0 Å². The maximum atomic E-state index is 13.8. The van der Waals surface area contributed by atoms with Crippen LogP contribution in [0.15, 0.2) is 65.6 Å². The Balaban J connectivity index is 1.89. The van der Waals surface area contributed by atoms with Crippen LogP contribution in [0.25, 0.3) is 0 Å². The smallest absolute Gasteiger partial charge is 0.262 e. The minimum absolute atomic E-state index is 0.0284. The van der Waals surface area contributed by atoms with E-state index in [0.717, 1.165) is 42.5 Å². The number of benzene rings is 3. The molecule has 10 heteroatoms. The molecule has 0 saturated carbocycles. The van der Waals surface area contributed by atoms with Crippen molar-refractivity contribution in [1.29, 1.82) is 0 Å². The van der Waals surface area contributed by atoms with Crippen LogP contribution < -0.4 is 14.8 Å². The van der Waals surface area contributed by atoms with Gasteiger partial charge in [-0.3, -0.25) is 9.52 Å². The van der Waals surface area contributed by atoms with Gasteiger partial charge in [-0.05, 0) is 60.7 Å². The lowest BCUT2D eigenvalue weighted by Crippen LogP contribution is -2.16. The zero-order valence-electron chi connectivity index (χ0n) is 15.4. The zero-order valence-corrected chi connectivity index (χ0v) is 16.3. The molecule has 0 saturated heterocycles. The average Bonchev–Trinajstić information content (AvgIpc) is 2.70. The molecule has 1 amide bonds. The van der Waals surface area contributed by atoms with Gasteiger partial charge in [0, 0.05) is 5.69 Å². The van der Waals surface area contributed by atoms with Crippen molar-refractivity contribution in [1.82, 2.24) is 0 Å². The van der Waals surface area contributed by atoms with Crippen LogP contribution in [0.4, 0.5) is 24.5 Å². The number of ether oxygens (including phenoxy) is 1. The van der Waals surface area contributed by atoms with E-state index in [0.29, 0.717) is 0 Å². The van der Waals surface area contributed by atoms with Gasteiger partial charge in [0.05, 0.1) is 23.3 Å². The van der Waals surface area contributed by atoms with E-state index in [1.165, 1.54) is 25.3 Å². The van der Waals surface area contributed by atoms with Crippen LogP contribution in [0.2, 0.25) is 0 Å². The zero-order chi connectivity index (χ0) is 21.9. The summed E-state index contributed by atoms with van der Waals surface area (Å²) in [5, 5.41) is 2.37. The van der Waals surface area contributed by atoms with Crippen LogP contribution in [0.5, 0.6) is 5.75 Å². The Kier molecular flexibility index (Phi) is 5.97.